The number of benzene rings is 2. The molecule has 1 aliphatic rings. The molecule has 2 aromatic carbocycles. The van der Waals surface area contributed by atoms with Gasteiger partial charge in [-0.1, -0.05) is 0 Å². The van der Waals surface area contributed by atoms with Crippen molar-refractivity contribution >= 4 is 39.7 Å². The number of pyridine rings is 2. The molecule has 0 aliphatic carbocycles. The standard InChI is InChI=1S/C33H41N7O/c1-5-39(6-2)27-13-9-24(10-14-27)33(41)36-26-12-15-29-28(21-26)31(34-17-7-18-38(3)4)22-30(37-29)25-11-16-32(35-23-25)40-19-8-20-40/h9-16,21-23H,5-8,17-20H2,1-4H3,(H,34,37)(H,36,41). The Hall–Kier alpha value is -4.17. The zero-order chi connectivity index (χ0) is 28.8. The van der Waals surface area contributed by atoms with Crippen LogP contribution in [0.25, 0.3) is 22.2 Å². The SMILES string of the molecule is CCN(CC)c1ccc(C(=O)Nc2ccc3nc(-c4ccc(N5CCC5)nc4)cc(NCCCN(C)C)c3c2)cc1. The fraction of sp³-hybridized carbons (Fsp3) is 0.364. The van der Waals surface area contributed by atoms with Crippen molar-refractivity contribution in [2.24, 2.45) is 0 Å². The predicted octanol–water partition coefficient (Wildman–Crippen LogP) is 5.97. The topological polar surface area (TPSA) is 76.6 Å². The van der Waals surface area contributed by atoms with Crippen LogP contribution in [-0.4, -0.2) is 74.1 Å². The van der Waals surface area contributed by atoms with Crippen LogP contribution in [0.3, 0.4) is 0 Å². The summed E-state index contributed by atoms with van der Waals surface area (Å²) in [5, 5.41) is 7.68. The Bertz CT molecular complexity index is 1460. The average Bonchev–Trinajstić information content (AvgIpc) is 2.95. The van der Waals surface area contributed by atoms with Crippen molar-refractivity contribution in [1.29, 1.82) is 0 Å². The van der Waals surface area contributed by atoms with Crippen molar-refractivity contribution in [2.75, 3.05) is 73.8 Å². The van der Waals surface area contributed by atoms with Gasteiger partial charge in [-0.3, -0.25) is 4.79 Å². The average molecular weight is 552 g/mol. The molecule has 0 saturated carbocycles. The summed E-state index contributed by atoms with van der Waals surface area (Å²) in [5.41, 5.74) is 6.21. The summed E-state index contributed by atoms with van der Waals surface area (Å²) in [6.07, 6.45) is 4.15. The van der Waals surface area contributed by atoms with Gasteiger partial charge in [-0.2, -0.15) is 0 Å². The maximum Gasteiger partial charge on any atom is 0.255 e. The number of fused-ring (bicyclic) bond motifs is 1. The summed E-state index contributed by atoms with van der Waals surface area (Å²) < 4.78 is 0. The van der Waals surface area contributed by atoms with Gasteiger partial charge in [0.2, 0.25) is 0 Å². The molecule has 0 atom stereocenters. The van der Waals surface area contributed by atoms with E-state index < -0.39 is 0 Å². The van der Waals surface area contributed by atoms with E-state index in [0.29, 0.717) is 5.56 Å². The summed E-state index contributed by atoms with van der Waals surface area (Å²) in [4.78, 5) is 29.5. The van der Waals surface area contributed by atoms with E-state index in [4.69, 9.17) is 9.97 Å². The Kier molecular flexibility index (Phi) is 8.99. The first-order chi connectivity index (χ1) is 19.9. The van der Waals surface area contributed by atoms with Crippen molar-refractivity contribution in [2.45, 2.75) is 26.7 Å². The Morgan fingerprint density at radius 2 is 1.76 bits per heavy atom. The van der Waals surface area contributed by atoms with E-state index in [0.717, 1.165) is 90.7 Å². The lowest BCUT2D eigenvalue weighted by molar-refractivity contribution is 0.102. The smallest absolute Gasteiger partial charge is 0.255 e. The van der Waals surface area contributed by atoms with Gasteiger partial charge >= 0.3 is 0 Å². The molecule has 214 valence electrons. The summed E-state index contributed by atoms with van der Waals surface area (Å²) in [5.74, 6) is 0.889. The number of anilines is 4. The number of rotatable bonds is 12. The molecule has 0 bridgehead atoms. The van der Waals surface area contributed by atoms with Gasteiger partial charge in [0.1, 0.15) is 5.82 Å². The van der Waals surface area contributed by atoms with Crippen molar-refractivity contribution in [1.82, 2.24) is 14.9 Å². The van der Waals surface area contributed by atoms with E-state index in [9.17, 15) is 4.79 Å². The maximum absolute atomic E-state index is 13.1. The van der Waals surface area contributed by atoms with Gasteiger partial charge in [0.05, 0.1) is 11.2 Å². The van der Waals surface area contributed by atoms with Gasteiger partial charge in [0, 0.05) is 72.5 Å². The molecule has 1 saturated heterocycles. The van der Waals surface area contributed by atoms with Crippen LogP contribution in [0.5, 0.6) is 0 Å². The largest absolute Gasteiger partial charge is 0.384 e. The molecule has 1 fully saturated rings. The number of nitrogens with one attached hydrogen (secondary N) is 2. The summed E-state index contributed by atoms with van der Waals surface area (Å²) in [7, 11) is 4.17. The second-order valence-corrected chi connectivity index (χ2v) is 10.8. The summed E-state index contributed by atoms with van der Waals surface area (Å²) in [6, 6.07) is 20.0. The lowest BCUT2D eigenvalue weighted by Gasteiger charge is -2.31. The molecule has 0 unspecified atom stereocenters. The third-order valence-electron chi connectivity index (χ3n) is 7.65. The number of carbonyl (C=O) groups excluding carboxylic acids is 1. The molecule has 4 aromatic rings. The number of hydrogen-bond acceptors (Lipinski definition) is 7. The van der Waals surface area contributed by atoms with E-state index in [1.54, 1.807) is 0 Å². The van der Waals surface area contributed by atoms with E-state index in [-0.39, 0.29) is 5.91 Å². The van der Waals surface area contributed by atoms with Crippen LogP contribution in [0.4, 0.5) is 22.9 Å². The minimum Gasteiger partial charge on any atom is -0.384 e. The highest BCUT2D eigenvalue weighted by molar-refractivity contribution is 6.06. The van der Waals surface area contributed by atoms with Gasteiger partial charge in [0.15, 0.2) is 0 Å². The summed E-state index contributed by atoms with van der Waals surface area (Å²) in [6.45, 7) is 10.1. The molecule has 8 nitrogen and oxygen atoms in total. The van der Waals surface area contributed by atoms with Crippen molar-refractivity contribution in [3.63, 3.8) is 0 Å². The quantitative estimate of drug-likeness (QED) is 0.210. The van der Waals surface area contributed by atoms with Crippen molar-refractivity contribution < 1.29 is 4.79 Å². The highest BCUT2D eigenvalue weighted by atomic mass is 16.1. The van der Waals surface area contributed by atoms with Gasteiger partial charge in [-0.05, 0) is 108 Å². The normalized spacial score (nSPS) is 12.9. The van der Waals surface area contributed by atoms with Crippen LogP contribution >= 0.6 is 0 Å². The van der Waals surface area contributed by atoms with Crippen LogP contribution in [0.1, 0.15) is 37.0 Å². The van der Waals surface area contributed by atoms with Crippen molar-refractivity contribution in [3.05, 3.63) is 72.4 Å². The molecular weight excluding hydrogens is 510 g/mol. The molecule has 5 rings (SSSR count). The Labute approximate surface area is 243 Å². The predicted molar refractivity (Wildman–Crippen MR) is 171 cm³/mol. The number of carbonyl (C=O) groups is 1. The van der Waals surface area contributed by atoms with Crippen LogP contribution in [0.15, 0.2) is 66.9 Å². The maximum atomic E-state index is 13.1. The molecule has 41 heavy (non-hydrogen) atoms. The third kappa shape index (κ3) is 6.77. The highest BCUT2D eigenvalue weighted by Gasteiger charge is 2.16. The first kappa shape index (κ1) is 28.4. The minimum absolute atomic E-state index is 0.131. The molecule has 2 aromatic heterocycles. The fourth-order valence-electron chi connectivity index (χ4n) is 5.10. The Morgan fingerprint density at radius 3 is 2.39 bits per heavy atom. The number of hydrogen-bond donors (Lipinski definition) is 2. The fourth-order valence-corrected chi connectivity index (χ4v) is 5.10. The molecule has 1 amide bonds. The molecule has 8 heteroatoms. The van der Waals surface area contributed by atoms with Crippen LogP contribution in [0, 0.1) is 0 Å². The highest BCUT2D eigenvalue weighted by Crippen LogP contribution is 2.31. The van der Waals surface area contributed by atoms with Crippen LogP contribution in [-0.2, 0) is 0 Å². The number of aromatic nitrogens is 2. The molecule has 3 heterocycles. The van der Waals surface area contributed by atoms with Gasteiger partial charge in [-0.15, -0.1) is 0 Å². The lowest BCUT2D eigenvalue weighted by atomic mass is 10.1. The lowest BCUT2D eigenvalue weighted by Crippen LogP contribution is -2.37. The zero-order valence-corrected chi connectivity index (χ0v) is 24.7. The Balaban J connectivity index is 1.39. The molecule has 1 aliphatic heterocycles. The summed E-state index contributed by atoms with van der Waals surface area (Å²) >= 11 is 0. The van der Waals surface area contributed by atoms with Crippen LogP contribution < -0.4 is 20.4 Å². The second kappa shape index (κ2) is 13.0. The molecule has 0 radical (unpaired) electrons. The Morgan fingerprint density at radius 1 is 0.976 bits per heavy atom. The molecular formula is C33H41N7O. The van der Waals surface area contributed by atoms with E-state index in [1.165, 1.54) is 6.42 Å². The number of nitrogens with zero attached hydrogens (tertiary/aromatic N) is 5. The minimum atomic E-state index is -0.131. The first-order valence-electron chi connectivity index (χ1n) is 14.7. The van der Waals surface area contributed by atoms with E-state index in [2.05, 4.69) is 71.5 Å². The van der Waals surface area contributed by atoms with Gasteiger partial charge < -0.3 is 25.3 Å². The molecule has 0 spiro atoms. The molecule has 2 N–H and O–H groups in total. The third-order valence-corrected chi connectivity index (χ3v) is 7.65. The van der Waals surface area contributed by atoms with Gasteiger partial charge in [0.25, 0.3) is 5.91 Å². The number of amides is 1. The first-order valence-corrected chi connectivity index (χ1v) is 14.7. The monoisotopic (exact) mass is 551 g/mol. The van der Waals surface area contributed by atoms with E-state index >= 15 is 0 Å². The van der Waals surface area contributed by atoms with Gasteiger partial charge in [-0.25, -0.2) is 9.97 Å². The van der Waals surface area contributed by atoms with Crippen molar-refractivity contribution in [3.8, 4) is 11.3 Å². The van der Waals surface area contributed by atoms with Crippen LogP contribution in [0.2, 0.25) is 0 Å². The zero-order valence-electron chi connectivity index (χ0n) is 24.7. The second-order valence-electron chi connectivity index (χ2n) is 10.8. The van der Waals surface area contributed by atoms with E-state index in [1.807, 2.05) is 48.7 Å².